The van der Waals surface area contributed by atoms with Crippen molar-refractivity contribution in [2.24, 2.45) is 5.41 Å². The summed E-state index contributed by atoms with van der Waals surface area (Å²) < 4.78 is 7.42. The van der Waals surface area contributed by atoms with Crippen LogP contribution in [0.15, 0.2) is 24.5 Å². The molecule has 9 nitrogen and oxygen atoms in total. The molecule has 1 atom stereocenters. The third-order valence-electron chi connectivity index (χ3n) is 6.55. The number of aromatic amines is 1. The van der Waals surface area contributed by atoms with Gasteiger partial charge in [-0.1, -0.05) is 11.8 Å². The van der Waals surface area contributed by atoms with E-state index in [1.54, 1.807) is 10.9 Å². The summed E-state index contributed by atoms with van der Waals surface area (Å²) in [5.74, 6) is 8.51. The molecule has 3 aromatic rings. The van der Waals surface area contributed by atoms with Crippen LogP contribution >= 0.6 is 0 Å². The zero-order valence-electron chi connectivity index (χ0n) is 17.6. The maximum Gasteiger partial charge on any atom is 0.168 e. The molecule has 0 aliphatic carbocycles. The molecule has 160 valence electrons. The Bertz CT molecular complexity index is 1150. The van der Waals surface area contributed by atoms with Crippen molar-refractivity contribution in [2.45, 2.75) is 13.0 Å². The molecule has 0 bridgehead atoms. The van der Waals surface area contributed by atoms with Crippen molar-refractivity contribution < 1.29 is 4.74 Å². The van der Waals surface area contributed by atoms with Gasteiger partial charge in [0.1, 0.15) is 5.82 Å². The van der Waals surface area contributed by atoms with E-state index in [-0.39, 0.29) is 6.04 Å². The normalized spacial score (nSPS) is 22.7. The molecular formula is C22H26N8O. The fourth-order valence-corrected chi connectivity index (χ4v) is 4.81. The van der Waals surface area contributed by atoms with Crippen molar-refractivity contribution in [2.75, 3.05) is 57.4 Å². The SMILES string of the molecule is C[C@@H]1COCCN1c1cc(C#CCN2CC3(CNC3)C2)c2cnn(-c3ccn[nH]3)c2n1. The Morgan fingerprint density at radius 2 is 2.23 bits per heavy atom. The molecular weight excluding hydrogens is 392 g/mol. The number of pyridine rings is 1. The molecule has 6 heterocycles. The van der Waals surface area contributed by atoms with Gasteiger partial charge in [0.15, 0.2) is 11.5 Å². The highest BCUT2D eigenvalue weighted by Crippen LogP contribution is 2.33. The summed E-state index contributed by atoms with van der Waals surface area (Å²) in [5, 5.41) is 15.9. The molecule has 3 saturated heterocycles. The lowest BCUT2D eigenvalue weighted by atomic mass is 9.74. The minimum Gasteiger partial charge on any atom is -0.377 e. The molecule has 31 heavy (non-hydrogen) atoms. The number of hydrogen-bond acceptors (Lipinski definition) is 7. The van der Waals surface area contributed by atoms with Crippen LogP contribution < -0.4 is 10.2 Å². The zero-order chi connectivity index (χ0) is 20.8. The van der Waals surface area contributed by atoms with E-state index in [0.717, 1.165) is 67.5 Å². The summed E-state index contributed by atoms with van der Waals surface area (Å²) in [6.07, 6.45) is 3.56. The monoisotopic (exact) mass is 418 g/mol. The number of hydrogen-bond donors (Lipinski definition) is 2. The van der Waals surface area contributed by atoms with Gasteiger partial charge in [-0.3, -0.25) is 10.00 Å². The number of ether oxygens (including phenoxy) is 1. The first-order valence-electron chi connectivity index (χ1n) is 10.9. The molecule has 0 unspecified atom stereocenters. The van der Waals surface area contributed by atoms with Crippen molar-refractivity contribution >= 4 is 16.9 Å². The highest BCUT2D eigenvalue weighted by Gasteiger charge is 2.46. The summed E-state index contributed by atoms with van der Waals surface area (Å²) in [6, 6.07) is 4.25. The molecule has 3 aliphatic heterocycles. The molecule has 2 N–H and O–H groups in total. The van der Waals surface area contributed by atoms with Crippen LogP contribution in [-0.4, -0.2) is 88.4 Å². The van der Waals surface area contributed by atoms with Crippen molar-refractivity contribution in [3.8, 4) is 17.7 Å². The predicted octanol–water partition coefficient (Wildman–Crippen LogP) is 0.625. The van der Waals surface area contributed by atoms with Crippen molar-refractivity contribution in [3.05, 3.63) is 30.1 Å². The molecule has 3 fully saturated rings. The van der Waals surface area contributed by atoms with Gasteiger partial charge in [-0.25, -0.2) is 4.98 Å². The first kappa shape index (κ1) is 18.8. The van der Waals surface area contributed by atoms with Crippen LogP contribution in [0, 0.1) is 17.3 Å². The fraction of sp³-hybridized carbons (Fsp3) is 0.500. The second-order valence-corrected chi connectivity index (χ2v) is 8.93. The highest BCUT2D eigenvalue weighted by molar-refractivity contribution is 5.85. The van der Waals surface area contributed by atoms with Gasteiger partial charge in [0.2, 0.25) is 0 Å². The van der Waals surface area contributed by atoms with Gasteiger partial charge >= 0.3 is 0 Å². The molecule has 0 amide bonds. The van der Waals surface area contributed by atoms with Gasteiger partial charge in [-0.2, -0.15) is 14.9 Å². The largest absolute Gasteiger partial charge is 0.377 e. The number of H-pyrrole nitrogens is 1. The number of rotatable bonds is 3. The van der Waals surface area contributed by atoms with E-state index in [1.165, 1.54) is 0 Å². The van der Waals surface area contributed by atoms with Crippen molar-refractivity contribution in [1.82, 2.24) is 35.2 Å². The molecule has 0 aromatic carbocycles. The number of nitrogens with zero attached hydrogens (tertiary/aromatic N) is 6. The summed E-state index contributed by atoms with van der Waals surface area (Å²) in [7, 11) is 0. The molecule has 0 saturated carbocycles. The maximum atomic E-state index is 5.62. The number of aromatic nitrogens is 5. The number of likely N-dealkylation sites (tertiary alicyclic amines) is 1. The first-order chi connectivity index (χ1) is 15.2. The Morgan fingerprint density at radius 3 is 2.97 bits per heavy atom. The average Bonchev–Trinajstić information content (AvgIpc) is 3.38. The molecule has 6 rings (SSSR count). The molecule has 1 spiro atoms. The fourth-order valence-electron chi connectivity index (χ4n) is 4.81. The Balaban J connectivity index is 1.34. The first-order valence-corrected chi connectivity index (χ1v) is 10.9. The van der Waals surface area contributed by atoms with E-state index in [4.69, 9.17) is 9.72 Å². The summed E-state index contributed by atoms with van der Waals surface area (Å²) in [5.41, 5.74) is 2.27. The van der Waals surface area contributed by atoms with Crippen LogP contribution in [0.5, 0.6) is 0 Å². The molecule has 9 heteroatoms. The third kappa shape index (κ3) is 3.28. The van der Waals surface area contributed by atoms with Crippen molar-refractivity contribution in [3.63, 3.8) is 0 Å². The lowest BCUT2D eigenvalue weighted by Crippen LogP contribution is -2.70. The number of morpholine rings is 1. The van der Waals surface area contributed by atoms with Gasteiger partial charge in [-0.15, -0.1) is 0 Å². The quantitative estimate of drug-likeness (QED) is 0.603. The lowest BCUT2D eigenvalue weighted by Gasteiger charge is -2.55. The minimum atomic E-state index is 0.261. The van der Waals surface area contributed by atoms with Gasteiger partial charge in [0.05, 0.1) is 43.6 Å². The topological polar surface area (TPSA) is 87.1 Å². The van der Waals surface area contributed by atoms with E-state index in [9.17, 15) is 0 Å². The van der Waals surface area contributed by atoms with Crippen LogP contribution in [0.2, 0.25) is 0 Å². The van der Waals surface area contributed by atoms with E-state index in [2.05, 4.69) is 55.2 Å². The van der Waals surface area contributed by atoms with E-state index < -0.39 is 0 Å². The zero-order valence-corrected chi connectivity index (χ0v) is 17.6. The Morgan fingerprint density at radius 1 is 1.32 bits per heavy atom. The van der Waals surface area contributed by atoms with Crippen LogP contribution in [0.25, 0.3) is 16.9 Å². The second kappa shape index (κ2) is 7.34. The maximum absolute atomic E-state index is 5.62. The molecule has 0 radical (unpaired) electrons. The third-order valence-corrected chi connectivity index (χ3v) is 6.55. The van der Waals surface area contributed by atoms with Crippen LogP contribution in [0.1, 0.15) is 12.5 Å². The average molecular weight is 419 g/mol. The van der Waals surface area contributed by atoms with E-state index >= 15 is 0 Å². The number of nitrogens with one attached hydrogen (secondary N) is 2. The Labute approximate surface area is 180 Å². The van der Waals surface area contributed by atoms with Crippen LogP contribution in [0.3, 0.4) is 0 Å². The van der Waals surface area contributed by atoms with Gasteiger partial charge in [0.25, 0.3) is 0 Å². The van der Waals surface area contributed by atoms with Gasteiger partial charge < -0.3 is 15.0 Å². The second-order valence-electron chi connectivity index (χ2n) is 8.93. The smallest absolute Gasteiger partial charge is 0.168 e. The van der Waals surface area contributed by atoms with Crippen molar-refractivity contribution in [1.29, 1.82) is 0 Å². The van der Waals surface area contributed by atoms with E-state index in [1.807, 2.05) is 12.3 Å². The highest BCUT2D eigenvalue weighted by atomic mass is 16.5. The van der Waals surface area contributed by atoms with Gasteiger partial charge in [-0.05, 0) is 13.0 Å². The summed E-state index contributed by atoms with van der Waals surface area (Å²) in [4.78, 5) is 9.69. The molecule has 3 aliphatic rings. The number of fused-ring (bicyclic) bond motifs is 1. The summed E-state index contributed by atoms with van der Waals surface area (Å²) in [6.45, 7) is 9.77. The number of anilines is 1. The van der Waals surface area contributed by atoms with E-state index in [0.29, 0.717) is 18.6 Å². The molecule has 3 aromatic heterocycles. The Hall–Kier alpha value is -2.93. The summed E-state index contributed by atoms with van der Waals surface area (Å²) >= 11 is 0. The Kier molecular flexibility index (Phi) is 4.45. The minimum absolute atomic E-state index is 0.261. The standard InChI is InChI=1S/C22H26N8O/c1-16-11-31-8-7-29(16)20-9-17(3-2-6-28-14-22(15-28)12-23-13-22)18-10-25-30(21(18)26-20)19-4-5-24-27-19/h4-5,9-10,16,23H,6-8,11-15H2,1H3,(H,24,27)/t16-/m1/s1. The lowest BCUT2D eigenvalue weighted by molar-refractivity contribution is -0.0304. The van der Waals surface area contributed by atoms with Gasteiger partial charge in [0, 0.05) is 49.8 Å². The van der Waals surface area contributed by atoms with Crippen LogP contribution in [0.4, 0.5) is 5.82 Å². The predicted molar refractivity (Wildman–Crippen MR) is 117 cm³/mol. The van der Waals surface area contributed by atoms with Crippen LogP contribution in [-0.2, 0) is 4.74 Å².